The molecule has 1 aliphatic carbocycles. The molecule has 0 spiro atoms. The van der Waals surface area contributed by atoms with Crippen molar-refractivity contribution in [3.05, 3.63) is 16.4 Å². The Bertz CT molecular complexity index is 367. The smallest absolute Gasteiger partial charge is 0.0863 e. The minimum Gasteiger partial charge on any atom is -0.308 e. The molecule has 0 bridgehead atoms. The zero-order chi connectivity index (χ0) is 12.3. The van der Waals surface area contributed by atoms with E-state index in [2.05, 4.69) is 17.3 Å². The van der Waals surface area contributed by atoms with Gasteiger partial charge in [-0.05, 0) is 19.3 Å². The Morgan fingerprint density at radius 3 is 2.65 bits per heavy atom. The van der Waals surface area contributed by atoms with Gasteiger partial charge in [-0.3, -0.25) is 4.68 Å². The molecule has 96 valence electrons. The fourth-order valence-electron chi connectivity index (χ4n) is 2.56. The molecular weight excluding hydrogens is 234 g/mol. The van der Waals surface area contributed by atoms with Crippen molar-refractivity contribution in [2.24, 2.45) is 7.05 Å². The summed E-state index contributed by atoms with van der Waals surface area (Å²) in [6, 6.07) is 0.666. The van der Waals surface area contributed by atoms with Crippen LogP contribution in [-0.2, 0) is 20.0 Å². The second-order valence-electron chi connectivity index (χ2n) is 4.90. The quantitative estimate of drug-likeness (QED) is 0.896. The maximum Gasteiger partial charge on any atom is 0.0863 e. The first-order valence-corrected chi connectivity index (χ1v) is 7.03. The minimum absolute atomic E-state index is 0.666. The van der Waals surface area contributed by atoms with Crippen molar-refractivity contribution in [3.8, 4) is 0 Å². The molecule has 0 aliphatic heterocycles. The predicted molar refractivity (Wildman–Crippen MR) is 71.3 cm³/mol. The molecular formula is C13H22ClN3. The first kappa shape index (κ1) is 12.9. The van der Waals surface area contributed by atoms with Gasteiger partial charge in [0.05, 0.1) is 16.4 Å². The summed E-state index contributed by atoms with van der Waals surface area (Å²) in [5, 5.41) is 8.89. The molecule has 0 radical (unpaired) electrons. The molecule has 4 heteroatoms. The van der Waals surface area contributed by atoms with Gasteiger partial charge in [-0.1, -0.05) is 37.8 Å². The van der Waals surface area contributed by atoms with Crippen molar-refractivity contribution in [2.75, 3.05) is 0 Å². The Hall–Kier alpha value is -0.540. The van der Waals surface area contributed by atoms with E-state index in [-0.39, 0.29) is 0 Å². The van der Waals surface area contributed by atoms with Gasteiger partial charge in [0.2, 0.25) is 0 Å². The lowest BCUT2D eigenvalue weighted by Crippen LogP contribution is -2.31. The summed E-state index contributed by atoms with van der Waals surface area (Å²) < 4.78 is 1.91. The Kier molecular flexibility index (Phi) is 4.46. The highest BCUT2D eigenvalue weighted by molar-refractivity contribution is 6.31. The number of nitrogens with zero attached hydrogens (tertiary/aromatic N) is 2. The summed E-state index contributed by atoms with van der Waals surface area (Å²) in [5.41, 5.74) is 2.13. The third kappa shape index (κ3) is 3.02. The molecule has 2 rings (SSSR count). The Morgan fingerprint density at radius 1 is 1.35 bits per heavy atom. The summed E-state index contributed by atoms with van der Waals surface area (Å²) in [4.78, 5) is 0. The molecule has 1 N–H and O–H groups in total. The number of aryl methyl sites for hydroxylation is 2. The van der Waals surface area contributed by atoms with Gasteiger partial charge in [0, 0.05) is 19.6 Å². The van der Waals surface area contributed by atoms with Crippen LogP contribution >= 0.6 is 11.6 Å². The third-order valence-corrected chi connectivity index (χ3v) is 4.10. The molecule has 0 amide bonds. The largest absolute Gasteiger partial charge is 0.308 e. The minimum atomic E-state index is 0.666. The number of hydrogen-bond acceptors (Lipinski definition) is 2. The first-order valence-electron chi connectivity index (χ1n) is 6.66. The van der Waals surface area contributed by atoms with Crippen LogP contribution in [0.1, 0.15) is 50.4 Å². The zero-order valence-corrected chi connectivity index (χ0v) is 11.6. The molecule has 1 saturated carbocycles. The summed E-state index contributed by atoms with van der Waals surface area (Å²) >= 11 is 6.32. The van der Waals surface area contributed by atoms with Gasteiger partial charge in [0.25, 0.3) is 0 Å². The maximum atomic E-state index is 6.32. The van der Waals surface area contributed by atoms with E-state index in [9.17, 15) is 0 Å². The van der Waals surface area contributed by atoms with Crippen molar-refractivity contribution < 1.29 is 0 Å². The average molecular weight is 256 g/mol. The van der Waals surface area contributed by atoms with Crippen LogP contribution in [0.5, 0.6) is 0 Å². The Balaban J connectivity index is 1.95. The average Bonchev–Trinajstić information content (AvgIpc) is 2.63. The fourth-order valence-corrected chi connectivity index (χ4v) is 2.92. The molecule has 0 unspecified atom stereocenters. The van der Waals surface area contributed by atoms with Crippen LogP contribution in [-0.4, -0.2) is 15.8 Å². The van der Waals surface area contributed by atoms with E-state index < -0.39 is 0 Å². The summed E-state index contributed by atoms with van der Waals surface area (Å²) in [5.74, 6) is 0. The van der Waals surface area contributed by atoms with Crippen molar-refractivity contribution in [2.45, 2.75) is 58.0 Å². The molecule has 1 aromatic rings. The normalized spacial score (nSPS) is 17.6. The van der Waals surface area contributed by atoms with Crippen LogP contribution in [0.2, 0.25) is 5.02 Å². The van der Waals surface area contributed by atoms with Gasteiger partial charge in [-0.25, -0.2) is 0 Å². The fraction of sp³-hybridized carbons (Fsp3) is 0.769. The van der Waals surface area contributed by atoms with Gasteiger partial charge in [0.15, 0.2) is 0 Å². The Morgan fingerprint density at radius 2 is 2.06 bits per heavy atom. The van der Waals surface area contributed by atoms with Crippen LogP contribution in [0.15, 0.2) is 0 Å². The summed E-state index contributed by atoms with van der Waals surface area (Å²) in [6.45, 7) is 2.93. The summed E-state index contributed by atoms with van der Waals surface area (Å²) in [7, 11) is 1.98. The SMILES string of the molecule is CCc1nn(C)c(CNC2CCCCC2)c1Cl. The maximum absolute atomic E-state index is 6.32. The molecule has 1 fully saturated rings. The van der Waals surface area contributed by atoms with E-state index in [1.165, 1.54) is 32.1 Å². The molecule has 0 saturated heterocycles. The van der Waals surface area contributed by atoms with Crippen molar-refractivity contribution >= 4 is 11.6 Å². The molecule has 0 atom stereocenters. The second kappa shape index (κ2) is 5.87. The topological polar surface area (TPSA) is 29.9 Å². The van der Waals surface area contributed by atoms with Crippen LogP contribution in [0.4, 0.5) is 0 Å². The number of hydrogen-bond donors (Lipinski definition) is 1. The van der Waals surface area contributed by atoms with E-state index >= 15 is 0 Å². The van der Waals surface area contributed by atoms with Crippen LogP contribution in [0.3, 0.4) is 0 Å². The van der Waals surface area contributed by atoms with Gasteiger partial charge in [0.1, 0.15) is 0 Å². The molecule has 3 nitrogen and oxygen atoms in total. The van der Waals surface area contributed by atoms with Crippen LogP contribution in [0, 0.1) is 0 Å². The molecule has 0 aromatic carbocycles. The number of rotatable bonds is 4. The number of halogens is 1. The van der Waals surface area contributed by atoms with Gasteiger partial charge in [-0.2, -0.15) is 5.10 Å². The number of nitrogens with one attached hydrogen (secondary N) is 1. The molecule has 1 aliphatic rings. The van der Waals surface area contributed by atoms with E-state index in [0.29, 0.717) is 6.04 Å². The lowest BCUT2D eigenvalue weighted by atomic mass is 9.95. The highest BCUT2D eigenvalue weighted by Gasteiger charge is 2.16. The van der Waals surface area contributed by atoms with E-state index in [1.54, 1.807) is 0 Å². The molecule has 1 heterocycles. The van der Waals surface area contributed by atoms with Crippen molar-refractivity contribution in [3.63, 3.8) is 0 Å². The van der Waals surface area contributed by atoms with Gasteiger partial charge < -0.3 is 5.32 Å². The van der Waals surface area contributed by atoms with Crippen LogP contribution in [0.25, 0.3) is 0 Å². The van der Waals surface area contributed by atoms with E-state index in [1.807, 2.05) is 11.7 Å². The molecule has 1 aromatic heterocycles. The number of aromatic nitrogens is 2. The summed E-state index contributed by atoms with van der Waals surface area (Å²) in [6.07, 6.45) is 7.61. The zero-order valence-electron chi connectivity index (χ0n) is 10.8. The molecule has 17 heavy (non-hydrogen) atoms. The van der Waals surface area contributed by atoms with Gasteiger partial charge in [-0.15, -0.1) is 0 Å². The third-order valence-electron chi connectivity index (χ3n) is 3.67. The highest BCUT2D eigenvalue weighted by Crippen LogP contribution is 2.22. The lowest BCUT2D eigenvalue weighted by Gasteiger charge is -2.22. The van der Waals surface area contributed by atoms with Gasteiger partial charge >= 0.3 is 0 Å². The van der Waals surface area contributed by atoms with Crippen molar-refractivity contribution in [1.29, 1.82) is 0 Å². The standard InChI is InChI=1S/C13H22ClN3/c1-3-11-13(14)12(17(2)16-11)9-15-10-7-5-4-6-8-10/h10,15H,3-9H2,1-2H3. The highest BCUT2D eigenvalue weighted by atomic mass is 35.5. The van der Waals surface area contributed by atoms with E-state index in [4.69, 9.17) is 11.6 Å². The monoisotopic (exact) mass is 255 g/mol. The first-order chi connectivity index (χ1) is 8.22. The lowest BCUT2D eigenvalue weighted by molar-refractivity contribution is 0.368. The van der Waals surface area contributed by atoms with Crippen molar-refractivity contribution in [1.82, 2.24) is 15.1 Å². The van der Waals surface area contributed by atoms with E-state index in [0.717, 1.165) is 29.4 Å². The van der Waals surface area contributed by atoms with Crippen LogP contribution < -0.4 is 5.32 Å². The Labute approximate surface area is 109 Å². The second-order valence-corrected chi connectivity index (χ2v) is 5.28. The predicted octanol–water partition coefficient (Wildman–Crippen LogP) is 3.06.